The number of amides is 2. The molecule has 1 aromatic heterocycles. The molecule has 1 atom stereocenters. The highest BCUT2D eigenvalue weighted by Gasteiger charge is 2.21. The molecule has 3 rings (SSSR count). The van der Waals surface area contributed by atoms with Gasteiger partial charge in [0.05, 0.1) is 19.0 Å². The van der Waals surface area contributed by atoms with E-state index in [-0.39, 0.29) is 23.1 Å². The highest BCUT2D eigenvalue weighted by Crippen LogP contribution is 2.25. The Kier molecular flexibility index (Phi) is 7.83. The summed E-state index contributed by atoms with van der Waals surface area (Å²) in [6.07, 6.45) is 7.76. The molecule has 0 saturated carbocycles. The number of hydrogen-bond acceptors (Lipinski definition) is 4. The predicted octanol–water partition coefficient (Wildman–Crippen LogP) is 4.74. The fourth-order valence-electron chi connectivity index (χ4n) is 3.62. The third kappa shape index (κ3) is 6.51. The number of allylic oxidation sites excluding steroid dienone is 4. The number of nitrogens with zero attached hydrogens (tertiary/aromatic N) is 1. The Morgan fingerprint density at radius 1 is 1.18 bits per heavy atom. The Hall–Kier alpha value is -3.52. The highest BCUT2D eigenvalue weighted by molar-refractivity contribution is 7.80. The van der Waals surface area contributed by atoms with Crippen LogP contribution in [0.5, 0.6) is 0 Å². The minimum absolute atomic E-state index is 0.0491. The van der Waals surface area contributed by atoms with E-state index in [1.54, 1.807) is 12.3 Å². The average molecular weight is 480 g/mol. The van der Waals surface area contributed by atoms with Gasteiger partial charge in [0, 0.05) is 17.5 Å². The molecule has 1 aromatic carbocycles. The van der Waals surface area contributed by atoms with Gasteiger partial charge in [-0.3, -0.25) is 9.59 Å². The third-order valence-corrected chi connectivity index (χ3v) is 6.00. The summed E-state index contributed by atoms with van der Waals surface area (Å²) < 4.78 is 1.48. The van der Waals surface area contributed by atoms with Gasteiger partial charge in [0.2, 0.25) is 0 Å². The number of benzene rings is 1. The Morgan fingerprint density at radius 3 is 2.50 bits per heavy atom. The summed E-state index contributed by atoms with van der Waals surface area (Å²) in [5.74, 6) is -1.04. The normalized spacial score (nSPS) is 14.3. The van der Waals surface area contributed by atoms with Crippen LogP contribution in [0.3, 0.4) is 0 Å². The lowest BCUT2D eigenvalue weighted by Gasteiger charge is -2.22. The van der Waals surface area contributed by atoms with E-state index in [1.807, 2.05) is 42.5 Å². The predicted molar refractivity (Wildman–Crippen MR) is 137 cm³/mol. The van der Waals surface area contributed by atoms with Crippen LogP contribution in [0, 0.1) is 0 Å². The van der Waals surface area contributed by atoms with Gasteiger partial charge in [0.1, 0.15) is 5.69 Å². The number of aromatic nitrogens is 1. The van der Waals surface area contributed by atoms with Crippen molar-refractivity contribution in [2.24, 2.45) is 0 Å². The first-order valence-corrected chi connectivity index (χ1v) is 11.4. The SMILES string of the molecule is CC(C)(C)c1ccc([C@H](CC(=O)O)NC(=O)Nc2cccn(CC3=CC=CCC3=S)c2=O)cc1. The van der Waals surface area contributed by atoms with Crippen LogP contribution < -0.4 is 16.2 Å². The number of anilines is 1. The van der Waals surface area contributed by atoms with Crippen molar-refractivity contribution in [3.05, 3.63) is 87.9 Å². The summed E-state index contributed by atoms with van der Waals surface area (Å²) in [7, 11) is 0. The summed E-state index contributed by atoms with van der Waals surface area (Å²) in [4.78, 5) is 37.8. The van der Waals surface area contributed by atoms with Crippen LogP contribution in [-0.2, 0) is 16.8 Å². The van der Waals surface area contributed by atoms with E-state index in [1.165, 1.54) is 10.6 Å². The number of carboxylic acid groups (broad SMARTS) is 1. The summed E-state index contributed by atoms with van der Waals surface area (Å²) in [6.45, 7) is 6.57. The molecule has 8 heteroatoms. The first-order chi connectivity index (χ1) is 16.0. The molecule has 178 valence electrons. The van der Waals surface area contributed by atoms with E-state index in [0.29, 0.717) is 18.5 Å². The molecule has 0 radical (unpaired) electrons. The molecule has 1 heterocycles. The number of carboxylic acids is 1. The average Bonchev–Trinajstić information content (AvgIpc) is 2.77. The fraction of sp³-hybridized carbons (Fsp3) is 0.308. The van der Waals surface area contributed by atoms with Crippen LogP contribution >= 0.6 is 12.2 Å². The molecule has 0 unspecified atom stereocenters. The lowest BCUT2D eigenvalue weighted by atomic mass is 9.86. The minimum Gasteiger partial charge on any atom is -0.481 e. The van der Waals surface area contributed by atoms with Crippen molar-refractivity contribution in [2.45, 2.75) is 51.6 Å². The van der Waals surface area contributed by atoms with E-state index in [4.69, 9.17) is 12.2 Å². The number of aliphatic carboxylic acids is 1. The van der Waals surface area contributed by atoms with Gasteiger partial charge >= 0.3 is 12.0 Å². The number of pyridine rings is 1. The lowest BCUT2D eigenvalue weighted by molar-refractivity contribution is -0.137. The molecule has 0 fully saturated rings. The number of urea groups is 1. The number of carbonyl (C=O) groups is 2. The van der Waals surface area contributed by atoms with Crippen LogP contribution in [-0.4, -0.2) is 26.5 Å². The molecular formula is C26H29N3O4S. The molecule has 1 aliphatic rings. The van der Waals surface area contributed by atoms with Crippen molar-refractivity contribution in [2.75, 3.05) is 5.32 Å². The minimum atomic E-state index is -1.04. The van der Waals surface area contributed by atoms with Crippen LogP contribution in [0.1, 0.15) is 50.8 Å². The third-order valence-electron chi connectivity index (χ3n) is 5.57. The Morgan fingerprint density at radius 2 is 1.88 bits per heavy atom. The molecule has 0 aliphatic heterocycles. The number of thiocarbonyl (C=S) groups is 1. The molecular weight excluding hydrogens is 450 g/mol. The topological polar surface area (TPSA) is 100 Å². The zero-order valence-corrected chi connectivity index (χ0v) is 20.3. The summed E-state index contributed by atoms with van der Waals surface area (Å²) in [5, 5.41) is 14.6. The van der Waals surface area contributed by atoms with Crippen LogP contribution in [0.15, 0.2) is 71.2 Å². The summed E-state index contributed by atoms with van der Waals surface area (Å²) in [5.41, 5.74) is 2.31. The maximum atomic E-state index is 12.9. The molecule has 0 saturated heterocycles. The van der Waals surface area contributed by atoms with Gasteiger partial charge in [-0.15, -0.1) is 0 Å². The monoisotopic (exact) mass is 479 g/mol. The molecule has 1 aliphatic carbocycles. The van der Waals surface area contributed by atoms with E-state index >= 15 is 0 Å². The van der Waals surface area contributed by atoms with Gasteiger partial charge in [-0.1, -0.05) is 75.5 Å². The molecule has 3 N–H and O–H groups in total. The van der Waals surface area contributed by atoms with Crippen molar-refractivity contribution in [3.63, 3.8) is 0 Å². The van der Waals surface area contributed by atoms with Gasteiger partial charge in [-0.05, 0) is 34.2 Å². The first kappa shape index (κ1) is 25.1. The molecule has 0 spiro atoms. The van der Waals surface area contributed by atoms with E-state index in [0.717, 1.165) is 16.0 Å². The van der Waals surface area contributed by atoms with Gasteiger partial charge in [-0.2, -0.15) is 0 Å². The molecule has 0 bridgehead atoms. The summed E-state index contributed by atoms with van der Waals surface area (Å²) in [6, 6.07) is 9.26. The smallest absolute Gasteiger partial charge is 0.319 e. The second-order valence-corrected chi connectivity index (χ2v) is 9.72. The molecule has 34 heavy (non-hydrogen) atoms. The second kappa shape index (κ2) is 10.6. The molecule has 2 aromatic rings. The highest BCUT2D eigenvalue weighted by atomic mass is 32.1. The van der Waals surface area contributed by atoms with E-state index in [2.05, 4.69) is 31.4 Å². The van der Waals surface area contributed by atoms with Crippen molar-refractivity contribution in [1.82, 2.24) is 9.88 Å². The first-order valence-electron chi connectivity index (χ1n) is 11.0. The molecule has 7 nitrogen and oxygen atoms in total. The zero-order valence-electron chi connectivity index (χ0n) is 19.5. The standard InChI is InChI=1S/C26H29N3O4S/c1-26(2,3)19-12-10-17(11-13-19)21(15-23(30)31)28-25(33)27-20-8-6-14-29(24(20)32)16-18-7-4-5-9-22(18)34/h4-8,10-14,21H,9,15-16H2,1-3H3,(H,30,31)(H2,27,28,33)/t21-/m0/s1. The van der Waals surface area contributed by atoms with E-state index < -0.39 is 18.0 Å². The van der Waals surface area contributed by atoms with Crippen molar-refractivity contribution in [3.8, 4) is 0 Å². The quantitative estimate of drug-likeness (QED) is 0.498. The number of hydrogen-bond donors (Lipinski definition) is 3. The second-order valence-electron chi connectivity index (χ2n) is 9.22. The van der Waals surface area contributed by atoms with Crippen molar-refractivity contribution in [1.29, 1.82) is 0 Å². The van der Waals surface area contributed by atoms with Gasteiger partial charge < -0.3 is 20.3 Å². The van der Waals surface area contributed by atoms with Gasteiger partial charge in [0.15, 0.2) is 0 Å². The van der Waals surface area contributed by atoms with Crippen molar-refractivity contribution >= 4 is 34.8 Å². The Balaban J connectivity index is 1.75. The lowest BCUT2D eigenvalue weighted by Crippen LogP contribution is -2.36. The Bertz CT molecular complexity index is 1200. The Labute approximate surface area is 204 Å². The van der Waals surface area contributed by atoms with Crippen LogP contribution in [0.2, 0.25) is 0 Å². The molecule has 2 amide bonds. The van der Waals surface area contributed by atoms with Crippen LogP contribution in [0.4, 0.5) is 10.5 Å². The summed E-state index contributed by atoms with van der Waals surface area (Å²) >= 11 is 5.37. The number of carbonyl (C=O) groups excluding carboxylic acids is 1. The number of rotatable bonds is 7. The van der Waals surface area contributed by atoms with E-state index in [9.17, 15) is 19.5 Å². The van der Waals surface area contributed by atoms with Gasteiger partial charge in [-0.25, -0.2) is 4.79 Å². The number of nitrogens with one attached hydrogen (secondary N) is 2. The fourth-order valence-corrected chi connectivity index (χ4v) is 3.85. The zero-order chi connectivity index (χ0) is 24.9. The van der Waals surface area contributed by atoms with Crippen LogP contribution in [0.25, 0.3) is 0 Å². The van der Waals surface area contributed by atoms with Crippen molar-refractivity contribution < 1.29 is 14.7 Å². The maximum Gasteiger partial charge on any atom is 0.319 e. The van der Waals surface area contributed by atoms with Gasteiger partial charge in [0.25, 0.3) is 5.56 Å². The maximum absolute atomic E-state index is 12.9. The largest absolute Gasteiger partial charge is 0.481 e.